The molecule has 2 unspecified atom stereocenters. The van der Waals surface area contributed by atoms with Gasteiger partial charge in [-0.3, -0.25) is 4.79 Å². The van der Waals surface area contributed by atoms with Crippen molar-refractivity contribution in [3.8, 4) is 0 Å². The second-order valence-corrected chi connectivity index (χ2v) is 5.58. The molecule has 0 bridgehead atoms. The predicted molar refractivity (Wildman–Crippen MR) is 80.6 cm³/mol. The number of rotatable bonds is 4. The molecule has 0 N–H and O–H groups in total. The third-order valence-corrected chi connectivity index (χ3v) is 3.31. The molecule has 1 aromatic carbocycles. The summed E-state index contributed by atoms with van der Waals surface area (Å²) in [5.41, 5.74) is 1.12. The van der Waals surface area contributed by atoms with Crippen molar-refractivity contribution in [1.82, 2.24) is 0 Å². The summed E-state index contributed by atoms with van der Waals surface area (Å²) in [6, 6.07) is 10.0. The molecule has 0 saturated carbocycles. The number of benzene rings is 1. The van der Waals surface area contributed by atoms with Gasteiger partial charge in [0.25, 0.3) is 0 Å². The molecule has 21 heavy (non-hydrogen) atoms. The third kappa shape index (κ3) is 4.99. The Kier molecular flexibility index (Phi) is 5.15. The van der Waals surface area contributed by atoms with Crippen LogP contribution in [-0.2, 0) is 19.0 Å². The number of hydrogen-bond donors (Lipinski definition) is 0. The zero-order valence-electron chi connectivity index (χ0n) is 12.7. The van der Waals surface area contributed by atoms with Crippen LogP contribution >= 0.6 is 0 Å². The van der Waals surface area contributed by atoms with Crippen molar-refractivity contribution in [3.63, 3.8) is 0 Å². The standard InChI is InChI=1S/C17H22O4/c1-17(2)20-14(10-9-13-7-5-4-6-8-13)11-15(21-17)12-16(18)19-3/h4-10,14-15H,11-12H2,1-3H3/b10-9+. The Labute approximate surface area is 125 Å². The maximum atomic E-state index is 11.4. The zero-order chi connectivity index (χ0) is 15.3. The van der Waals surface area contributed by atoms with Crippen molar-refractivity contribution in [3.05, 3.63) is 42.0 Å². The Balaban J connectivity index is 2.02. The molecule has 0 aliphatic carbocycles. The molecule has 1 aliphatic rings. The molecule has 1 aromatic rings. The first kappa shape index (κ1) is 15.7. The van der Waals surface area contributed by atoms with Gasteiger partial charge in [0, 0.05) is 6.42 Å². The minimum atomic E-state index is -0.706. The summed E-state index contributed by atoms with van der Waals surface area (Å²) in [4.78, 5) is 11.4. The van der Waals surface area contributed by atoms with Crippen LogP contribution in [0.2, 0.25) is 0 Å². The smallest absolute Gasteiger partial charge is 0.308 e. The molecule has 0 spiro atoms. The summed E-state index contributed by atoms with van der Waals surface area (Å²) >= 11 is 0. The first-order valence-electron chi connectivity index (χ1n) is 7.14. The van der Waals surface area contributed by atoms with Crippen LogP contribution in [0, 0.1) is 0 Å². The fourth-order valence-electron chi connectivity index (χ4n) is 2.44. The second-order valence-electron chi connectivity index (χ2n) is 5.58. The summed E-state index contributed by atoms with van der Waals surface area (Å²) < 4.78 is 16.4. The van der Waals surface area contributed by atoms with Crippen LogP contribution in [0.25, 0.3) is 6.08 Å². The van der Waals surface area contributed by atoms with E-state index in [1.54, 1.807) is 0 Å². The van der Waals surface area contributed by atoms with E-state index in [-0.39, 0.29) is 24.6 Å². The van der Waals surface area contributed by atoms with Crippen molar-refractivity contribution < 1.29 is 19.0 Å². The molecule has 0 amide bonds. The molecule has 4 nitrogen and oxygen atoms in total. The lowest BCUT2D eigenvalue weighted by Gasteiger charge is -2.39. The molecule has 114 valence electrons. The normalized spacial score (nSPS) is 24.9. The second kappa shape index (κ2) is 6.87. The lowest BCUT2D eigenvalue weighted by atomic mass is 10.0. The monoisotopic (exact) mass is 290 g/mol. The summed E-state index contributed by atoms with van der Waals surface area (Å²) in [7, 11) is 1.39. The van der Waals surface area contributed by atoms with Gasteiger partial charge in [-0.1, -0.05) is 42.5 Å². The van der Waals surface area contributed by atoms with Crippen molar-refractivity contribution in [2.75, 3.05) is 7.11 Å². The number of carbonyl (C=O) groups excluding carboxylic acids is 1. The SMILES string of the molecule is COC(=O)CC1CC(/C=C/c2ccccc2)OC(C)(C)O1. The van der Waals surface area contributed by atoms with Gasteiger partial charge < -0.3 is 14.2 Å². The lowest BCUT2D eigenvalue weighted by Crippen LogP contribution is -2.44. The van der Waals surface area contributed by atoms with Gasteiger partial charge in [-0.25, -0.2) is 0 Å². The number of esters is 1. The van der Waals surface area contributed by atoms with E-state index < -0.39 is 5.79 Å². The van der Waals surface area contributed by atoms with E-state index in [9.17, 15) is 4.79 Å². The van der Waals surface area contributed by atoms with Crippen LogP contribution in [0.15, 0.2) is 36.4 Å². The van der Waals surface area contributed by atoms with E-state index >= 15 is 0 Å². The number of hydrogen-bond acceptors (Lipinski definition) is 4. The minimum absolute atomic E-state index is 0.0800. The topological polar surface area (TPSA) is 44.8 Å². The van der Waals surface area contributed by atoms with E-state index in [1.807, 2.05) is 56.3 Å². The van der Waals surface area contributed by atoms with Crippen molar-refractivity contribution >= 4 is 12.0 Å². The van der Waals surface area contributed by atoms with Crippen LogP contribution in [0.1, 0.15) is 32.3 Å². The molecule has 1 aliphatic heterocycles. The Morgan fingerprint density at radius 2 is 2.05 bits per heavy atom. The Morgan fingerprint density at radius 1 is 1.33 bits per heavy atom. The summed E-state index contributed by atoms with van der Waals surface area (Å²) in [5.74, 6) is -0.966. The Morgan fingerprint density at radius 3 is 2.71 bits per heavy atom. The molecule has 0 aromatic heterocycles. The zero-order valence-corrected chi connectivity index (χ0v) is 12.7. The predicted octanol–water partition coefficient (Wildman–Crippen LogP) is 3.17. The van der Waals surface area contributed by atoms with Crippen molar-refractivity contribution in [1.29, 1.82) is 0 Å². The van der Waals surface area contributed by atoms with Crippen LogP contribution in [0.5, 0.6) is 0 Å². The fraction of sp³-hybridized carbons (Fsp3) is 0.471. The molecular formula is C17H22O4. The molecule has 1 fully saturated rings. The average Bonchev–Trinajstić information content (AvgIpc) is 2.44. The first-order valence-corrected chi connectivity index (χ1v) is 7.14. The highest BCUT2D eigenvalue weighted by Gasteiger charge is 2.35. The maximum Gasteiger partial charge on any atom is 0.308 e. The molecule has 0 radical (unpaired) electrons. The van der Waals surface area contributed by atoms with Gasteiger partial charge in [-0.2, -0.15) is 0 Å². The van der Waals surface area contributed by atoms with Gasteiger partial charge in [0.15, 0.2) is 5.79 Å². The van der Waals surface area contributed by atoms with Crippen LogP contribution in [0.4, 0.5) is 0 Å². The quantitative estimate of drug-likeness (QED) is 0.799. The van der Waals surface area contributed by atoms with Crippen molar-refractivity contribution in [2.45, 2.75) is 44.7 Å². The van der Waals surface area contributed by atoms with Gasteiger partial charge in [-0.15, -0.1) is 0 Å². The van der Waals surface area contributed by atoms with Crippen LogP contribution in [0.3, 0.4) is 0 Å². The van der Waals surface area contributed by atoms with E-state index in [0.29, 0.717) is 6.42 Å². The number of carbonyl (C=O) groups is 1. The fourth-order valence-corrected chi connectivity index (χ4v) is 2.44. The van der Waals surface area contributed by atoms with Gasteiger partial charge in [-0.05, 0) is 19.4 Å². The Bertz CT molecular complexity index is 493. The largest absolute Gasteiger partial charge is 0.469 e. The number of methoxy groups -OCH3 is 1. The highest BCUT2D eigenvalue weighted by molar-refractivity contribution is 5.69. The maximum absolute atomic E-state index is 11.4. The van der Waals surface area contributed by atoms with E-state index in [0.717, 1.165) is 5.56 Å². The van der Waals surface area contributed by atoms with Gasteiger partial charge in [0.2, 0.25) is 0 Å². The summed E-state index contributed by atoms with van der Waals surface area (Å²) in [6.07, 6.45) is 4.67. The molecule has 1 heterocycles. The molecule has 2 atom stereocenters. The summed E-state index contributed by atoms with van der Waals surface area (Å²) in [6.45, 7) is 3.72. The highest BCUT2D eigenvalue weighted by Crippen LogP contribution is 2.29. The average molecular weight is 290 g/mol. The first-order chi connectivity index (χ1) is 9.98. The Hall–Kier alpha value is -1.65. The van der Waals surface area contributed by atoms with Gasteiger partial charge in [0.05, 0.1) is 25.7 Å². The molecule has 2 rings (SSSR count). The van der Waals surface area contributed by atoms with Crippen molar-refractivity contribution in [2.24, 2.45) is 0 Å². The molecule has 1 saturated heterocycles. The molecule has 4 heteroatoms. The van der Waals surface area contributed by atoms with E-state index in [4.69, 9.17) is 14.2 Å². The summed E-state index contributed by atoms with van der Waals surface area (Å²) in [5, 5.41) is 0. The molecular weight excluding hydrogens is 268 g/mol. The van der Waals surface area contributed by atoms with Crippen LogP contribution in [-0.4, -0.2) is 31.1 Å². The van der Waals surface area contributed by atoms with Crippen LogP contribution < -0.4 is 0 Å². The van der Waals surface area contributed by atoms with E-state index in [2.05, 4.69) is 0 Å². The highest BCUT2D eigenvalue weighted by atomic mass is 16.7. The van der Waals surface area contributed by atoms with Gasteiger partial charge in [0.1, 0.15) is 0 Å². The van der Waals surface area contributed by atoms with Gasteiger partial charge >= 0.3 is 5.97 Å². The number of ether oxygens (including phenoxy) is 3. The lowest BCUT2D eigenvalue weighted by molar-refractivity contribution is -0.290. The van der Waals surface area contributed by atoms with E-state index in [1.165, 1.54) is 7.11 Å². The minimum Gasteiger partial charge on any atom is -0.469 e. The third-order valence-electron chi connectivity index (χ3n) is 3.31.